The topological polar surface area (TPSA) is 82.2 Å². The van der Waals surface area contributed by atoms with Crippen molar-refractivity contribution in [2.75, 3.05) is 0 Å². The fourth-order valence-electron chi connectivity index (χ4n) is 1.83. The molecule has 0 aliphatic carbocycles. The standard InChI is InChI=1S/C14H12N2O4/c1-10-3-2-4-14(18)15(10)9-13(17)11-5-7-12(8-6-11)16(19)20/h2-8H,9H2,1H3. The monoisotopic (exact) mass is 272 g/mol. The first-order valence-corrected chi connectivity index (χ1v) is 5.93. The Bertz CT molecular complexity index is 717. The van der Waals surface area contributed by atoms with Crippen LogP contribution in [0.1, 0.15) is 16.1 Å². The highest BCUT2D eigenvalue weighted by Crippen LogP contribution is 2.12. The van der Waals surface area contributed by atoms with Gasteiger partial charge in [-0.2, -0.15) is 0 Å². The van der Waals surface area contributed by atoms with Gasteiger partial charge in [0, 0.05) is 29.5 Å². The predicted octanol–water partition coefficient (Wildman–Crippen LogP) is 1.95. The smallest absolute Gasteiger partial charge is 0.269 e. The lowest BCUT2D eigenvalue weighted by Gasteiger charge is -2.08. The Balaban J connectivity index is 2.24. The van der Waals surface area contributed by atoms with Crippen LogP contribution in [0.25, 0.3) is 0 Å². The number of aryl methyl sites for hydroxylation is 1. The summed E-state index contributed by atoms with van der Waals surface area (Å²) in [7, 11) is 0. The number of pyridine rings is 1. The number of non-ortho nitro benzene ring substituents is 1. The van der Waals surface area contributed by atoms with E-state index >= 15 is 0 Å². The quantitative estimate of drug-likeness (QED) is 0.484. The van der Waals surface area contributed by atoms with Gasteiger partial charge in [-0.15, -0.1) is 0 Å². The van der Waals surface area contributed by atoms with E-state index in [4.69, 9.17) is 0 Å². The molecule has 0 N–H and O–H groups in total. The zero-order chi connectivity index (χ0) is 14.7. The van der Waals surface area contributed by atoms with Gasteiger partial charge in [0.05, 0.1) is 11.5 Å². The van der Waals surface area contributed by atoms with Crippen molar-refractivity contribution in [3.63, 3.8) is 0 Å². The van der Waals surface area contributed by atoms with Crippen LogP contribution in [0.5, 0.6) is 0 Å². The van der Waals surface area contributed by atoms with Gasteiger partial charge >= 0.3 is 0 Å². The Hall–Kier alpha value is -2.76. The predicted molar refractivity (Wildman–Crippen MR) is 72.9 cm³/mol. The maximum absolute atomic E-state index is 12.1. The summed E-state index contributed by atoms with van der Waals surface area (Å²) in [6.07, 6.45) is 0. The normalized spacial score (nSPS) is 10.2. The molecule has 0 aliphatic rings. The highest BCUT2D eigenvalue weighted by molar-refractivity contribution is 5.96. The van der Waals surface area contributed by atoms with E-state index in [1.165, 1.54) is 34.9 Å². The molecular weight excluding hydrogens is 260 g/mol. The Morgan fingerprint density at radius 2 is 1.85 bits per heavy atom. The van der Waals surface area contributed by atoms with Crippen LogP contribution in [0.15, 0.2) is 47.3 Å². The van der Waals surface area contributed by atoms with E-state index in [1.807, 2.05) is 0 Å². The highest BCUT2D eigenvalue weighted by atomic mass is 16.6. The summed E-state index contributed by atoms with van der Waals surface area (Å²) < 4.78 is 1.36. The number of nitro benzene ring substituents is 1. The largest absolute Gasteiger partial charge is 0.305 e. The van der Waals surface area contributed by atoms with Gasteiger partial charge in [-0.25, -0.2) is 0 Å². The van der Waals surface area contributed by atoms with Crippen molar-refractivity contribution in [1.29, 1.82) is 0 Å². The fourth-order valence-corrected chi connectivity index (χ4v) is 1.83. The molecule has 0 saturated carbocycles. The third-order valence-corrected chi connectivity index (χ3v) is 2.97. The van der Waals surface area contributed by atoms with E-state index in [0.717, 1.165) is 0 Å². The number of rotatable bonds is 4. The molecule has 20 heavy (non-hydrogen) atoms. The van der Waals surface area contributed by atoms with E-state index in [2.05, 4.69) is 0 Å². The van der Waals surface area contributed by atoms with Gasteiger partial charge in [-0.3, -0.25) is 19.7 Å². The average Bonchev–Trinajstić information content (AvgIpc) is 2.43. The molecule has 1 heterocycles. The van der Waals surface area contributed by atoms with Crippen LogP contribution in [0, 0.1) is 17.0 Å². The maximum Gasteiger partial charge on any atom is 0.269 e. The molecule has 0 spiro atoms. The van der Waals surface area contributed by atoms with Gasteiger partial charge in [-0.1, -0.05) is 6.07 Å². The van der Waals surface area contributed by atoms with E-state index in [9.17, 15) is 19.7 Å². The summed E-state index contributed by atoms with van der Waals surface area (Å²) in [5.41, 5.74) is 0.702. The number of benzene rings is 1. The van der Waals surface area contributed by atoms with Crippen LogP contribution in [0.3, 0.4) is 0 Å². The van der Waals surface area contributed by atoms with E-state index in [0.29, 0.717) is 11.3 Å². The SMILES string of the molecule is Cc1cccc(=O)n1CC(=O)c1ccc([N+](=O)[O-])cc1. The molecule has 0 bridgehead atoms. The first kappa shape index (κ1) is 13.7. The summed E-state index contributed by atoms with van der Waals surface area (Å²) >= 11 is 0. The van der Waals surface area contributed by atoms with Crippen molar-refractivity contribution in [3.05, 3.63) is 74.2 Å². The summed E-state index contributed by atoms with van der Waals surface area (Å²) in [4.78, 5) is 33.8. The van der Waals surface area contributed by atoms with Gasteiger partial charge < -0.3 is 4.57 Å². The molecule has 2 rings (SSSR count). The number of nitrogens with zero attached hydrogens (tertiary/aromatic N) is 2. The van der Waals surface area contributed by atoms with Crippen molar-refractivity contribution in [2.24, 2.45) is 0 Å². The molecule has 0 radical (unpaired) electrons. The number of hydrogen-bond acceptors (Lipinski definition) is 4. The molecule has 0 saturated heterocycles. The van der Waals surface area contributed by atoms with Crippen LogP contribution in [0.2, 0.25) is 0 Å². The van der Waals surface area contributed by atoms with Crippen molar-refractivity contribution < 1.29 is 9.72 Å². The van der Waals surface area contributed by atoms with Crippen LogP contribution in [0.4, 0.5) is 5.69 Å². The summed E-state index contributed by atoms with van der Waals surface area (Å²) in [6, 6.07) is 10.1. The maximum atomic E-state index is 12.1. The molecule has 0 aliphatic heterocycles. The lowest BCUT2D eigenvalue weighted by atomic mass is 10.1. The lowest BCUT2D eigenvalue weighted by Crippen LogP contribution is -2.25. The first-order valence-electron chi connectivity index (χ1n) is 5.93. The Kier molecular flexibility index (Phi) is 3.74. The third kappa shape index (κ3) is 2.80. The number of aromatic nitrogens is 1. The minimum Gasteiger partial charge on any atom is -0.305 e. The first-order chi connectivity index (χ1) is 9.49. The van der Waals surface area contributed by atoms with Gasteiger partial charge in [0.25, 0.3) is 11.2 Å². The van der Waals surface area contributed by atoms with Crippen molar-refractivity contribution >= 4 is 11.5 Å². The second-order valence-corrected chi connectivity index (χ2v) is 4.32. The Morgan fingerprint density at radius 3 is 2.40 bits per heavy atom. The molecule has 1 aromatic heterocycles. The number of nitro groups is 1. The molecule has 0 atom stereocenters. The number of carbonyl (C=O) groups is 1. The molecule has 6 heteroatoms. The van der Waals surface area contributed by atoms with Crippen LogP contribution in [-0.2, 0) is 6.54 Å². The molecule has 1 aromatic carbocycles. The number of ketones is 1. The molecule has 6 nitrogen and oxygen atoms in total. The van der Waals surface area contributed by atoms with Crippen molar-refractivity contribution in [3.8, 4) is 0 Å². The third-order valence-electron chi connectivity index (χ3n) is 2.97. The molecule has 0 fully saturated rings. The van der Waals surface area contributed by atoms with Crippen LogP contribution in [-0.4, -0.2) is 15.3 Å². The Morgan fingerprint density at radius 1 is 1.20 bits per heavy atom. The molecule has 0 amide bonds. The van der Waals surface area contributed by atoms with E-state index in [1.54, 1.807) is 19.1 Å². The van der Waals surface area contributed by atoms with Crippen molar-refractivity contribution in [2.45, 2.75) is 13.5 Å². The second-order valence-electron chi connectivity index (χ2n) is 4.32. The van der Waals surface area contributed by atoms with Gasteiger partial charge in [0.2, 0.25) is 0 Å². The lowest BCUT2D eigenvalue weighted by molar-refractivity contribution is -0.384. The van der Waals surface area contributed by atoms with Gasteiger partial charge in [0.15, 0.2) is 5.78 Å². The summed E-state index contributed by atoms with van der Waals surface area (Å²) in [5.74, 6) is -0.267. The van der Waals surface area contributed by atoms with Gasteiger partial charge in [0.1, 0.15) is 0 Å². The molecule has 102 valence electrons. The molecule has 2 aromatic rings. The molecular formula is C14H12N2O4. The summed E-state index contributed by atoms with van der Waals surface area (Å²) in [6.45, 7) is 1.66. The van der Waals surface area contributed by atoms with Gasteiger partial charge in [-0.05, 0) is 25.1 Å². The van der Waals surface area contributed by atoms with E-state index in [-0.39, 0.29) is 23.6 Å². The second kappa shape index (κ2) is 5.48. The van der Waals surface area contributed by atoms with E-state index < -0.39 is 4.92 Å². The highest BCUT2D eigenvalue weighted by Gasteiger charge is 2.11. The molecule has 0 unspecified atom stereocenters. The zero-order valence-corrected chi connectivity index (χ0v) is 10.8. The zero-order valence-electron chi connectivity index (χ0n) is 10.8. The van der Waals surface area contributed by atoms with Crippen molar-refractivity contribution in [1.82, 2.24) is 4.57 Å². The van der Waals surface area contributed by atoms with Crippen LogP contribution < -0.4 is 5.56 Å². The number of carbonyl (C=O) groups excluding carboxylic acids is 1. The summed E-state index contributed by atoms with van der Waals surface area (Å²) in [5, 5.41) is 10.5. The van der Waals surface area contributed by atoms with Crippen LogP contribution >= 0.6 is 0 Å². The fraction of sp³-hybridized carbons (Fsp3) is 0.143. The minimum absolute atomic E-state index is 0.0744. The minimum atomic E-state index is -0.528. The number of Topliss-reactive ketones (excluding diaryl/α,β-unsaturated/α-hetero) is 1. The number of hydrogen-bond donors (Lipinski definition) is 0. The average molecular weight is 272 g/mol. The Labute approximate surface area is 114 Å².